The third-order valence-electron chi connectivity index (χ3n) is 6.52. The third kappa shape index (κ3) is 4.00. The molecule has 2 heterocycles. The van der Waals surface area contributed by atoms with Crippen LogP contribution < -0.4 is 0 Å². The van der Waals surface area contributed by atoms with E-state index in [0.29, 0.717) is 16.5 Å². The third-order valence-corrected chi connectivity index (χ3v) is 7.11. The molecule has 2 atom stereocenters. The van der Waals surface area contributed by atoms with Gasteiger partial charge in [-0.05, 0) is 56.2 Å². The highest BCUT2D eigenvalue weighted by Crippen LogP contribution is 2.38. The molecule has 2 aliphatic rings. The van der Waals surface area contributed by atoms with E-state index in [2.05, 4.69) is 18.9 Å². The van der Waals surface area contributed by atoms with Gasteiger partial charge < -0.3 is 4.74 Å². The largest absolute Gasteiger partial charge is 0.377 e. The fourth-order valence-electron chi connectivity index (χ4n) is 4.84. The summed E-state index contributed by atoms with van der Waals surface area (Å²) in [5, 5.41) is 5.55. The summed E-state index contributed by atoms with van der Waals surface area (Å²) in [7, 11) is 1.81. The summed E-state index contributed by atoms with van der Waals surface area (Å²) < 4.78 is 5.99. The maximum atomic E-state index is 13.2. The van der Waals surface area contributed by atoms with Gasteiger partial charge in [-0.1, -0.05) is 43.1 Å². The normalized spacial score (nSPS) is 24.2. The van der Waals surface area contributed by atoms with Crippen LogP contribution >= 0.6 is 23.2 Å². The second-order valence-electron chi connectivity index (χ2n) is 7.68. The van der Waals surface area contributed by atoms with Gasteiger partial charge in [-0.2, -0.15) is 0 Å². The zero-order valence-corrected chi connectivity index (χ0v) is 18.0. The highest BCUT2D eigenvalue weighted by Gasteiger charge is 2.47. The summed E-state index contributed by atoms with van der Waals surface area (Å²) in [5.41, 5.74) is 0.807. The van der Waals surface area contributed by atoms with Crippen LogP contribution in [0.2, 0.25) is 10.0 Å². The number of methoxy groups -OCH3 is 1. The molecular formula is C21H30Cl2N2O2. The second kappa shape index (κ2) is 8.69. The molecule has 4 nitrogen and oxygen atoms in total. The lowest BCUT2D eigenvalue weighted by atomic mass is 9.87. The smallest absolute Gasteiger partial charge is 0.240 e. The van der Waals surface area contributed by atoms with Crippen LogP contribution in [0.1, 0.15) is 51.5 Å². The lowest BCUT2D eigenvalue weighted by Crippen LogP contribution is -2.57. The number of amides is 1. The predicted octanol–water partition coefficient (Wildman–Crippen LogP) is 4.97. The molecule has 1 aromatic carbocycles. The fraction of sp³-hybridized carbons (Fsp3) is 0.667. The Bertz CT molecular complexity index is 670. The van der Waals surface area contributed by atoms with Gasteiger partial charge in [-0.15, -0.1) is 0 Å². The number of rotatable bonds is 7. The van der Waals surface area contributed by atoms with Crippen LogP contribution in [0.4, 0.5) is 0 Å². The maximum Gasteiger partial charge on any atom is 0.240 e. The van der Waals surface area contributed by atoms with Gasteiger partial charge in [0, 0.05) is 36.2 Å². The summed E-state index contributed by atoms with van der Waals surface area (Å²) in [6, 6.07) is 5.79. The van der Waals surface area contributed by atoms with Gasteiger partial charge in [0.1, 0.15) is 0 Å². The highest BCUT2D eigenvalue weighted by atomic mass is 35.5. The van der Waals surface area contributed by atoms with E-state index in [4.69, 9.17) is 27.9 Å². The highest BCUT2D eigenvalue weighted by molar-refractivity contribution is 6.35. The van der Waals surface area contributed by atoms with Crippen LogP contribution in [0.3, 0.4) is 0 Å². The van der Waals surface area contributed by atoms with Crippen molar-refractivity contribution in [3.05, 3.63) is 33.8 Å². The van der Waals surface area contributed by atoms with E-state index in [1.54, 1.807) is 13.2 Å². The van der Waals surface area contributed by atoms with E-state index in [-0.39, 0.29) is 23.5 Å². The maximum absolute atomic E-state index is 13.2. The molecule has 150 valence electrons. The van der Waals surface area contributed by atoms with E-state index in [1.165, 1.54) is 0 Å². The molecule has 0 spiro atoms. The Labute approximate surface area is 172 Å². The Hall–Kier alpha value is -0.810. The second-order valence-corrected chi connectivity index (χ2v) is 8.53. The van der Waals surface area contributed by atoms with Crippen molar-refractivity contribution in [3.8, 4) is 0 Å². The first kappa shape index (κ1) is 20.9. The molecule has 1 amide bonds. The van der Waals surface area contributed by atoms with Crippen molar-refractivity contribution < 1.29 is 9.53 Å². The van der Waals surface area contributed by atoms with Crippen LogP contribution in [0.25, 0.3) is 0 Å². The molecular weight excluding hydrogens is 383 g/mol. The Morgan fingerprint density at radius 2 is 1.93 bits per heavy atom. The number of hydrogen-bond acceptors (Lipinski definition) is 3. The zero-order valence-electron chi connectivity index (χ0n) is 16.5. The van der Waals surface area contributed by atoms with Gasteiger partial charge in [-0.25, -0.2) is 5.01 Å². The summed E-state index contributed by atoms with van der Waals surface area (Å²) >= 11 is 12.3. The predicted molar refractivity (Wildman–Crippen MR) is 110 cm³/mol. The molecule has 6 heteroatoms. The molecule has 0 bridgehead atoms. The number of ether oxygens (including phenoxy) is 1. The minimum atomic E-state index is -0.186. The van der Waals surface area contributed by atoms with Gasteiger partial charge in [0.2, 0.25) is 5.91 Å². The van der Waals surface area contributed by atoms with E-state index < -0.39 is 0 Å². The average molecular weight is 413 g/mol. The molecule has 0 N–H and O–H groups in total. The van der Waals surface area contributed by atoms with Gasteiger partial charge in [0.15, 0.2) is 0 Å². The number of carbonyl (C=O) groups is 1. The molecule has 2 aliphatic heterocycles. The topological polar surface area (TPSA) is 32.8 Å². The molecule has 3 rings (SSSR count). The van der Waals surface area contributed by atoms with E-state index in [1.807, 2.05) is 17.1 Å². The molecule has 0 saturated carbocycles. The minimum Gasteiger partial charge on any atom is -0.377 e. The first-order chi connectivity index (χ1) is 13.0. The van der Waals surface area contributed by atoms with Crippen molar-refractivity contribution in [1.29, 1.82) is 0 Å². The van der Waals surface area contributed by atoms with Gasteiger partial charge >= 0.3 is 0 Å². The fourth-order valence-corrected chi connectivity index (χ4v) is 5.33. The molecule has 2 saturated heterocycles. The summed E-state index contributed by atoms with van der Waals surface area (Å²) in [4.78, 5) is 13.2. The van der Waals surface area contributed by atoms with E-state index in [9.17, 15) is 4.79 Å². The molecule has 2 fully saturated rings. The van der Waals surface area contributed by atoms with Gasteiger partial charge in [-0.3, -0.25) is 9.80 Å². The van der Waals surface area contributed by atoms with Crippen LogP contribution in [0.15, 0.2) is 18.2 Å². The van der Waals surface area contributed by atoms with Crippen LogP contribution in [-0.4, -0.2) is 47.8 Å². The summed E-state index contributed by atoms with van der Waals surface area (Å²) in [6.45, 7) is 6.07. The summed E-state index contributed by atoms with van der Waals surface area (Å²) in [5.74, 6) is 0.190. The lowest BCUT2D eigenvalue weighted by Gasteiger charge is -2.44. The van der Waals surface area contributed by atoms with Crippen molar-refractivity contribution in [3.63, 3.8) is 0 Å². The number of benzene rings is 1. The van der Waals surface area contributed by atoms with E-state index >= 15 is 0 Å². The lowest BCUT2D eigenvalue weighted by molar-refractivity contribution is -0.162. The van der Waals surface area contributed by atoms with Crippen molar-refractivity contribution in [2.75, 3.05) is 20.2 Å². The molecule has 0 radical (unpaired) electrons. The molecule has 2 unspecified atom stereocenters. The van der Waals surface area contributed by atoms with Crippen molar-refractivity contribution in [2.24, 2.45) is 5.92 Å². The Morgan fingerprint density at radius 3 is 2.56 bits per heavy atom. The quantitative estimate of drug-likeness (QED) is 0.633. The molecule has 0 aliphatic carbocycles. The van der Waals surface area contributed by atoms with Crippen LogP contribution in [-0.2, 0) is 16.0 Å². The number of halogens is 2. The number of carbonyl (C=O) groups excluding carboxylic acids is 1. The Morgan fingerprint density at radius 1 is 1.19 bits per heavy atom. The minimum absolute atomic E-state index is 0.0230. The van der Waals surface area contributed by atoms with Gasteiger partial charge in [0.05, 0.1) is 11.6 Å². The molecule has 1 aromatic rings. The molecule has 0 aromatic heterocycles. The number of nitrogens with zero attached hydrogens (tertiary/aromatic N) is 2. The standard InChI is InChI=1S/C21H30Cl2N2O2/c1-4-21(5-2,27-3)19-7-6-11-24(19)25-12-10-16(20(25)26)13-15-8-9-17(22)14-18(15)23/h8-9,14,16,19H,4-7,10-13H2,1-3H3. The first-order valence-electron chi connectivity index (χ1n) is 10.0. The number of hydrazine groups is 1. The van der Waals surface area contributed by atoms with Crippen LogP contribution in [0.5, 0.6) is 0 Å². The number of hydrogen-bond donors (Lipinski definition) is 0. The summed E-state index contributed by atoms with van der Waals surface area (Å²) in [6.07, 6.45) is 5.61. The monoisotopic (exact) mass is 412 g/mol. The zero-order chi connectivity index (χ0) is 19.6. The Kier molecular flexibility index (Phi) is 6.73. The SMILES string of the molecule is CCC(CC)(OC)C1CCCN1N1CCC(Cc2ccc(Cl)cc2Cl)C1=O. The Balaban J connectivity index is 1.74. The van der Waals surface area contributed by atoms with Crippen molar-refractivity contribution in [2.45, 2.75) is 64.0 Å². The van der Waals surface area contributed by atoms with Crippen molar-refractivity contribution >= 4 is 29.1 Å². The van der Waals surface area contributed by atoms with Gasteiger partial charge in [0.25, 0.3) is 0 Å². The van der Waals surface area contributed by atoms with Crippen molar-refractivity contribution in [1.82, 2.24) is 10.0 Å². The average Bonchev–Trinajstić information content (AvgIpc) is 3.27. The van der Waals surface area contributed by atoms with Crippen LogP contribution in [0, 0.1) is 5.92 Å². The van der Waals surface area contributed by atoms with E-state index in [0.717, 1.165) is 50.8 Å². The molecule has 27 heavy (non-hydrogen) atoms. The first-order valence-corrected chi connectivity index (χ1v) is 10.8.